The van der Waals surface area contributed by atoms with Crippen LogP contribution in [0.4, 0.5) is 5.69 Å². The SMILES string of the molecule is COc1ccc(C)cc1N1CC(C#N)CC1(C)C. The van der Waals surface area contributed by atoms with Crippen LogP contribution in [0.3, 0.4) is 0 Å². The molecule has 0 aliphatic carbocycles. The van der Waals surface area contributed by atoms with Crippen molar-refractivity contribution in [2.75, 3.05) is 18.6 Å². The van der Waals surface area contributed by atoms with E-state index in [-0.39, 0.29) is 11.5 Å². The number of methoxy groups -OCH3 is 1. The van der Waals surface area contributed by atoms with Gasteiger partial charge in [-0.2, -0.15) is 5.26 Å². The number of rotatable bonds is 2. The van der Waals surface area contributed by atoms with Gasteiger partial charge in [0.25, 0.3) is 0 Å². The minimum Gasteiger partial charge on any atom is -0.495 e. The zero-order chi connectivity index (χ0) is 13.3. The van der Waals surface area contributed by atoms with E-state index in [1.54, 1.807) is 7.11 Å². The lowest BCUT2D eigenvalue weighted by atomic mass is 9.97. The summed E-state index contributed by atoms with van der Waals surface area (Å²) in [4.78, 5) is 2.30. The number of aryl methyl sites for hydroxylation is 1. The Kier molecular flexibility index (Phi) is 3.21. The molecule has 1 saturated heterocycles. The summed E-state index contributed by atoms with van der Waals surface area (Å²) in [6, 6.07) is 8.58. The second-order valence-corrected chi connectivity index (χ2v) is 5.63. The summed E-state index contributed by atoms with van der Waals surface area (Å²) in [6.07, 6.45) is 0.903. The molecule has 0 spiro atoms. The molecular weight excluding hydrogens is 224 g/mol. The Morgan fingerprint density at radius 2 is 2.17 bits per heavy atom. The number of anilines is 1. The maximum Gasteiger partial charge on any atom is 0.142 e. The zero-order valence-corrected chi connectivity index (χ0v) is 11.5. The van der Waals surface area contributed by atoms with E-state index in [0.29, 0.717) is 0 Å². The monoisotopic (exact) mass is 244 g/mol. The first-order chi connectivity index (χ1) is 8.47. The van der Waals surface area contributed by atoms with E-state index in [0.717, 1.165) is 24.4 Å². The molecule has 1 aromatic rings. The normalized spacial score (nSPS) is 21.7. The van der Waals surface area contributed by atoms with E-state index >= 15 is 0 Å². The van der Waals surface area contributed by atoms with Crippen molar-refractivity contribution >= 4 is 5.69 Å². The molecule has 0 bridgehead atoms. The summed E-state index contributed by atoms with van der Waals surface area (Å²) in [6.45, 7) is 7.23. The van der Waals surface area contributed by atoms with Gasteiger partial charge in [-0.25, -0.2) is 0 Å². The fraction of sp³-hybridized carbons (Fsp3) is 0.533. The molecule has 1 fully saturated rings. The predicted octanol–water partition coefficient (Wildman–Crippen LogP) is 3.13. The van der Waals surface area contributed by atoms with E-state index in [4.69, 9.17) is 10.00 Å². The van der Waals surface area contributed by atoms with Crippen LogP contribution in [0.2, 0.25) is 0 Å². The van der Waals surface area contributed by atoms with Gasteiger partial charge in [0.1, 0.15) is 5.75 Å². The second-order valence-electron chi connectivity index (χ2n) is 5.63. The highest BCUT2D eigenvalue weighted by Gasteiger charge is 2.39. The third kappa shape index (κ3) is 2.15. The molecule has 0 saturated carbocycles. The molecule has 0 amide bonds. The van der Waals surface area contributed by atoms with Gasteiger partial charge in [0.2, 0.25) is 0 Å². The van der Waals surface area contributed by atoms with Crippen LogP contribution < -0.4 is 9.64 Å². The molecule has 1 aromatic carbocycles. The van der Waals surface area contributed by atoms with Gasteiger partial charge in [0, 0.05) is 12.1 Å². The van der Waals surface area contributed by atoms with Crippen molar-refractivity contribution in [2.45, 2.75) is 32.7 Å². The molecule has 0 N–H and O–H groups in total. The first-order valence-electron chi connectivity index (χ1n) is 6.30. The van der Waals surface area contributed by atoms with E-state index in [2.05, 4.69) is 37.8 Å². The number of benzene rings is 1. The number of hydrogen-bond acceptors (Lipinski definition) is 3. The van der Waals surface area contributed by atoms with Crippen LogP contribution in [0.15, 0.2) is 18.2 Å². The molecule has 0 aromatic heterocycles. The summed E-state index contributed by atoms with van der Waals surface area (Å²) < 4.78 is 5.45. The smallest absolute Gasteiger partial charge is 0.142 e. The van der Waals surface area contributed by atoms with Crippen molar-refractivity contribution in [3.8, 4) is 11.8 Å². The molecule has 1 atom stereocenters. The van der Waals surface area contributed by atoms with Crippen LogP contribution in [-0.2, 0) is 0 Å². The number of ether oxygens (including phenoxy) is 1. The Balaban J connectivity index is 2.42. The topological polar surface area (TPSA) is 36.3 Å². The van der Waals surface area contributed by atoms with Crippen molar-refractivity contribution in [1.82, 2.24) is 0 Å². The molecule has 1 aliphatic heterocycles. The van der Waals surface area contributed by atoms with E-state index in [9.17, 15) is 0 Å². The highest BCUT2D eigenvalue weighted by molar-refractivity contribution is 5.62. The van der Waals surface area contributed by atoms with Gasteiger partial charge in [0.15, 0.2) is 0 Å². The summed E-state index contributed by atoms with van der Waals surface area (Å²) in [5.41, 5.74) is 2.31. The van der Waals surface area contributed by atoms with Crippen LogP contribution in [0.1, 0.15) is 25.8 Å². The van der Waals surface area contributed by atoms with Crippen LogP contribution in [0.25, 0.3) is 0 Å². The fourth-order valence-corrected chi connectivity index (χ4v) is 2.77. The number of nitriles is 1. The van der Waals surface area contributed by atoms with Gasteiger partial charge < -0.3 is 9.64 Å². The largest absolute Gasteiger partial charge is 0.495 e. The van der Waals surface area contributed by atoms with Crippen LogP contribution in [-0.4, -0.2) is 19.2 Å². The average Bonchev–Trinajstić information content (AvgIpc) is 2.64. The van der Waals surface area contributed by atoms with Gasteiger partial charge in [-0.15, -0.1) is 0 Å². The van der Waals surface area contributed by atoms with E-state index < -0.39 is 0 Å². The van der Waals surface area contributed by atoms with Gasteiger partial charge >= 0.3 is 0 Å². The molecule has 3 nitrogen and oxygen atoms in total. The van der Waals surface area contributed by atoms with E-state index in [1.165, 1.54) is 5.56 Å². The van der Waals surface area contributed by atoms with Gasteiger partial charge in [0.05, 0.1) is 24.8 Å². The maximum atomic E-state index is 9.14. The molecule has 96 valence electrons. The average molecular weight is 244 g/mol. The Hall–Kier alpha value is -1.69. The zero-order valence-electron chi connectivity index (χ0n) is 11.5. The highest BCUT2D eigenvalue weighted by atomic mass is 16.5. The molecular formula is C15H20N2O. The Bertz CT molecular complexity index is 488. The van der Waals surface area contributed by atoms with Gasteiger partial charge in [-0.3, -0.25) is 0 Å². The van der Waals surface area contributed by atoms with Crippen molar-refractivity contribution in [3.63, 3.8) is 0 Å². The Morgan fingerprint density at radius 1 is 1.44 bits per heavy atom. The number of hydrogen-bond donors (Lipinski definition) is 0. The lowest BCUT2D eigenvalue weighted by Gasteiger charge is -2.34. The van der Waals surface area contributed by atoms with Crippen molar-refractivity contribution in [3.05, 3.63) is 23.8 Å². The maximum absolute atomic E-state index is 9.14. The minimum absolute atomic E-state index is 0.00146. The molecule has 1 heterocycles. The van der Waals surface area contributed by atoms with Crippen molar-refractivity contribution in [2.24, 2.45) is 5.92 Å². The highest BCUT2D eigenvalue weighted by Crippen LogP contribution is 2.41. The molecule has 18 heavy (non-hydrogen) atoms. The molecule has 1 unspecified atom stereocenters. The summed E-state index contributed by atoms with van der Waals surface area (Å²) in [5.74, 6) is 0.984. The van der Waals surface area contributed by atoms with Gasteiger partial charge in [-0.1, -0.05) is 6.07 Å². The summed E-state index contributed by atoms with van der Waals surface area (Å²) in [5, 5.41) is 9.14. The van der Waals surface area contributed by atoms with Gasteiger partial charge in [-0.05, 0) is 44.9 Å². The number of nitrogens with zero attached hydrogens (tertiary/aromatic N) is 2. The Labute approximate surface area is 109 Å². The molecule has 0 radical (unpaired) electrons. The van der Waals surface area contributed by atoms with Crippen molar-refractivity contribution < 1.29 is 4.74 Å². The lowest BCUT2D eigenvalue weighted by Crippen LogP contribution is -2.38. The second kappa shape index (κ2) is 4.53. The van der Waals surface area contributed by atoms with Crippen LogP contribution >= 0.6 is 0 Å². The first kappa shape index (κ1) is 12.8. The van der Waals surface area contributed by atoms with Crippen LogP contribution in [0.5, 0.6) is 5.75 Å². The standard InChI is InChI=1S/C15H20N2O/c1-11-5-6-14(18-4)13(7-11)17-10-12(9-16)8-15(17,2)3/h5-7,12H,8,10H2,1-4H3. The van der Waals surface area contributed by atoms with Crippen LogP contribution in [0, 0.1) is 24.2 Å². The lowest BCUT2D eigenvalue weighted by molar-refractivity contribution is 0.410. The fourth-order valence-electron chi connectivity index (χ4n) is 2.77. The summed E-state index contributed by atoms with van der Waals surface area (Å²) >= 11 is 0. The minimum atomic E-state index is 0.00146. The van der Waals surface area contributed by atoms with Crippen molar-refractivity contribution in [1.29, 1.82) is 5.26 Å². The molecule has 3 heteroatoms. The van der Waals surface area contributed by atoms with E-state index in [1.807, 2.05) is 12.1 Å². The third-order valence-corrected chi connectivity index (χ3v) is 3.69. The third-order valence-electron chi connectivity index (χ3n) is 3.69. The first-order valence-corrected chi connectivity index (χ1v) is 6.30. The molecule has 1 aliphatic rings. The Morgan fingerprint density at radius 3 is 2.72 bits per heavy atom. The molecule has 2 rings (SSSR count). The quantitative estimate of drug-likeness (QED) is 0.802. The predicted molar refractivity (Wildman–Crippen MR) is 72.9 cm³/mol. The summed E-state index contributed by atoms with van der Waals surface area (Å²) in [7, 11) is 1.69.